The zero-order valence-electron chi connectivity index (χ0n) is 19.7. The summed E-state index contributed by atoms with van der Waals surface area (Å²) in [6.45, 7) is 4.82. The number of carbonyl (C=O) groups excluding carboxylic acids is 1. The van der Waals surface area contributed by atoms with E-state index in [1.165, 1.54) is 0 Å². The molecule has 3 aromatic carbocycles. The lowest BCUT2D eigenvalue weighted by Gasteiger charge is -2.26. The molecule has 35 heavy (non-hydrogen) atoms. The molecule has 0 radical (unpaired) electrons. The Kier molecular flexibility index (Phi) is 5.91. The molecule has 178 valence electrons. The van der Waals surface area contributed by atoms with E-state index in [-0.39, 0.29) is 17.1 Å². The molecule has 1 atom stereocenters. The van der Waals surface area contributed by atoms with Crippen molar-refractivity contribution in [3.05, 3.63) is 93.8 Å². The van der Waals surface area contributed by atoms with E-state index < -0.39 is 6.04 Å². The number of rotatable bonds is 7. The van der Waals surface area contributed by atoms with Crippen molar-refractivity contribution < 1.29 is 23.4 Å². The molecule has 0 aliphatic carbocycles. The van der Waals surface area contributed by atoms with Gasteiger partial charge in [-0.15, -0.1) is 0 Å². The molecule has 0 bridgehead atoms. The van der Waals surface area contributed by atoms with Crippen LogP contribution in [0.15, 0.2) is 75.9 Å². The standard InChI is InChI=1S/C28H25NO6/c1-4-33-19-13-11-18(12-14-19)29-25(17-10-15-22(34-5-2)23(16-17)32-3)24-26(30)20-8-6-7-9-21(20)35-27(24)28(29)31/h6-16,25H,4-5H2,1-3H3. The Morgan fingerprint density at radius 1 is 0.886 bits per heavy atom. The van der Waals surface area contributed by atoms with Gasteiger partial charge in [-0.1, -0.05) is 18.2 Å². The van der Waals surface area contributed by atoms with Crippen LogP contribution in [0.3, 0.4) is 0 Å². The molecule has 2 heterocycles. The monoisotopic (exact) mass is 471 g/mol. The minimum absolute atomic E-state index is 0.0421. The van der Waals surface area contributed by atoms with Crippen molar-refractivity contribution in [2.24, 2.45) is 0 Å². The summed E-state index contributed by atoms with van der Waals surface area (Å²) in [5, 5.41) is 0.426. The maximum Gasteiger partial charge on any atom is 0.295 e. The second-order valence-corrected chi connectivity index (χ2v) is 8.02. The van der Waals surface area contributed by atoms with Crippen molar-refractivity contribution in [3.63, 3.8) is 0 Å². The number of benzene rings is 3. The molecule has 1 aliphatic rings. The van der Waals surface area contributed by atoms with Crippen LogP contribution in [0.25, 0.3) is 11.0 Å². The summed E-state index contributed by atoms with van der Waals surface area (Å²) in [5.74, 6) is 1.45. The number of carbonyl (C=O) groups is 1. The molecule has 0 fully saturated rings. The van der Waals surface area contributed by atoms with Crippen LogP contribution in [0.5, 0.6) is 17.2 Å². The third-order valence-corrected chi connectivity index (χ3v) is 6.01. The average molecular weight is 472 g/mol. The Morgan fingerprint density at radius 3 is 2.34 bits per heavy atom. The van der Waals surface area contributed by atoms with Gasteiger partial charge in [0.05, 0.1) is 37.3 Å². The topological polar surface area (TPSA) is 78.2 Å². The third-order valence-electron chi connectivity index (χ3n) is 6.01. The van der Waals surface area contributed by atoms with Crippen LogP contribution >= 0.6 is 0 Å². The maximum absolute atomic E-state index is 13.7. The average Bonchev–Trinajstić information content (AvgIpc) is 3.17. The summed E-state index contributed by atoms with van der Waals surface area (Å²) in [5.41, 5.74) is 1.76. The fourth-order valence-corrected chi connectivity index (χ4v) is 4.50. The van der Waals surface area contributed by atoms with E-state index in [2.05, 4.69) is 0 Å². The van der Waals surface area contributed by atoms with Gasteiger partial charge in [0, 0.05) is 5.69 Å². The Balaban J connectivity index is 1.73. The second kappa shape index (κ2) is 9.18. The molecular weight excluding hydrogens is 446 g/mol. The smallest absolute Gasteiger partial charge is 0.295 e. The van der Waals surface area contributed by atoms with Crippen molar-refractivity contribution in [3.8, 4) is 17.2 Å². The van der Waals surface area contributed by atoms with Gasteiger partial charge in [-0.05, 0) is 67.9 Å². The molecule has 1 amide bonds. The van der Waals surface area contributed by atoms with E-state index in [4.69, 9.17) is 18.6 Å². The van der Waals surface area contributed by atoms with E-state index in [0.29, 0.717) is 58.2 Å². The molecule has 0 saturated heterocycles. The van der Waals surface area contributed by atoms with Gasteiger partial charge in [-0.25, -0.2) is 0 Å². The molecule has 0 saturated carbocycles. The van der Waals surface area contributed by atoms with E-state index in [0.717, 1.165) is 0 Å². The number of methoxy groups -OCH3 is 1. The van der Waals surface area contributed by atoms with Crippen LogP contribution in [0.2, 0.25) is 0 Å². The molecule has 0 N–H and O–H groups in total. The predicted octanol–water partition coefficient (Wildman–Crippen LogP) is 5.35. The molecule has 1 aliphatic heterocycles. The summed E-state index contributed by atoms with van der Waals surface area (Å²) in [4.78, 5) is 29.0. The third kappa shape index (κ3) is 3.79. The summed E-state index contributed by atoms with van der Waals surface area (Å²) in [6.07, 6.45) is 0. The Morgan fingerprint density at radius 2 is 1.63 bits per heavy atom. The first kappa shape index (κ1) is 22.5. The Bertz CT molecular complexity index is 1460. The lowest BCUT2D eigenvalue weighted by atomic mass is 9.97. The minimum Gasteiger partial charge on any atom is -0.494 e. The number of fused-ring (bicyclic) bond motifs is 2. The van der Waals surface area contributed by atoms with Gasteiger partial charge in [0.15, 0.2) is 16.9 Å². The number of ether oxygens (including phenoxy) is 3. The highest BCUT2D eigenvalue weighted by Crippen LogP contribution is 2.43. The van der Waals surface area contributed by atoms with Crippen LogP contribution in [-0.2, 0) is 0 Å². The van der Waals surface area contributed by atoms with Crippen molar-refractivity contribution in [2.45, 2.75) is 19.9 Å². The van der Waals surface area contributed by atoms with Gasteiger partial charge in [0.2, 0.25) is 5.76 Å². The van der Waals surface area contributed by atoms with Crippen LogP contribution in [0.4, 0.5) is 5.69 Å². The Hall–Kier alpha value is -4.26. The molecule has 4 aromatic rings. The normalized spacial score (nSPS) is 14.8. The second-order valence-electron chi connectivity index (χ2n) is 8.02. The van der Waals surface area contributed by atoms with Crippen molar-refractivity contribution in [1.29, 1.82) is 0 Å². The highest BCUT2D eigenvalue weighted by Gasteiger charge is 2.44. The lowest BCUT2D eigenvalue weighted by molar-refractivity contribution is 0.0971. The van der Waals surface area contributed by atoms with E-state index in [1.54, 1.807) is 72.7 Å². The van der Waals surface area contributed by atoms with Gasteiger partial charge in [0.1, 0.15) is 11.3 Å². The van der Waals surface area contributed by atoms with Crippen LogP contribution in [-0.4, -0.2) is 26.2 Å². The first-order chi connectivity index (χ1) is 17.1. The number of para-hydroxylation sites is 1. The number of hydrogen-bond donors (Lipinski definition) is 0. The summed E-state index contributed by atoms with van der Waals surface area (Å²) >= 11 is 0. The maximum atomic E-state index is 13.7. The van der Waals surface area contributed by atoms with Gasteiger partial charge >= 0.3 is 0 Å². The first-order valence-electron chi connectivity index (χ1n) is 11.5. The summed E-state index contributed by atoms with van der Waals surface area (Å²) in [7, 11) is 1.56. The highest BCUT2D eigenvalue weighted by molar-refractivity contribution is 6.10. The molecular formula is C28H25NO6. The molecule has 7 heteroatoms. The largest absolute Gasteiger partial charge is 0.494 e. The number of anilines is 1. The molecule has 5 rings (SSSR count). The molecule has 7 nitrogen and oxygen atoms in total. The number of amides is 1. The zero-order valence-corrected chi connectivity index (χ0v) is 19.7. The summed E-state index contributed by atoms with van der Waals surface area (Å²) in [6, 6.07) is 18.9. The molecule has 0 spiro atoms. The fourth-order valence-electron chi connectivity index (χ4n) is 4.50. The van der Waals surface area contributed by atoms with Gasteiger partial charge < -0.3 is 18.6 Å². The van der Waals surface area contributed by atoms with Gasteiger partial charge in [-0.2, -0.15) is 0 Å². The van der Waals surface area contributed by atoms with Crippen LogP contribution in [0.1, 0.15) is 41.6 Å². The van der Waals surface area contributed by atoms with Gasteiger partial charge in [-0.3, -0.25) is 14.5 Å². The Labute approximate surface area is 202 Å². The van der Waals surface area contributed by atoms with E-state index in [9.17, 15) is 9.59 Å². The first-order valence-corrected chi connectivity index (χ1v) is 11.5. The van der Waals surface area contributed by atoms with E-state index in [1.807, 2.05) is 19.9 Å². The predicted molar refractivity (Wildman–Crippen MR) is 133 cm³/mol. The van der Waals surface area contributed by atoms with Crippen LogP contribution in [0, 0.1) is 0 Å². The number of hydrogen-bond acceptors (Lipinski definition) is 6. The molecule has 1 aromatic heterocycles. The molecule has 1 unspecified atom stereocenters. The minimum atomic E-state index is -0.708. The van der Waals surface area contributed by atoms with E-state index >= 15 is 0 Å². The van der Waals surface area contributed by atoms with Crippen molar-refractivity contribution in [1.82, 2.24) is 0 Å². The highest BCUT2D eigenvalue weighted by atomic mass is 16.5. The lowest BCUT2D eigenvalue weighted by Crippen LogP contribution is -2.29. The summed E-state index contributed by atoms with van der Waals surface area (Å²) < 4.78 is 22.8. The SMILES string of the molecule is CCOc1ccc(N2C(=O)c3oc4ccccc4c(=O)c3C2c2ccc(OCC)c(OC)c2)cc1. The fraction of sp³-hybridized carbons (Fsp3) is 0.214. The van der Waals surface area contributed by atoms with Gasteiger partial charge in [0.25, 0.3) is 5.91 Å². The quantitative estimate of drug-likeness (QED) is 0.362. The number of nitrogens with zero attached hydrogens (tertiary/aromatic N) is 1. The van der Waals surface area contributed by atoms with Crippen LogP contribution < -0.4 is 24.5 Å². The van der Waals surface area contributed by atoms with Crippen molar-refractivity contribution >= 4 is 22.6 Å². The zero-order chi connectivity index (χ0) is 24.5. The van der Waals surface area contributed by atoms with Crippen molar-refractivity contribution in [2.75, 3.05) is 25.2 Å².